The second-order valence-electron chi connectivity index (χ2n) is 4.04. The molecular weight excluding hydrogens is 226 g/mol. The minimum absolute atomic E-state index is 0.630. The smallest absolute Gasteiger partial charge is 0.150 e. The zero-order valence-corrected chi connectivity index (χ0v) is 9.65. The fourth-order valence-corrected chi connectivity index (χ4v) is 1.99. The summed E-state index contributed by atoms with van der Waals surface area (Å²) < 4.78 is 2.07. The summed E-state index contributed by atoms with van der Waals surface area (Å²) in [7, 11) is 0. The normalized spacial score (nSPS) is 10.7. The van der Waals surface area contributed by atoms with Crippen molar-refractivity contribution in [2.75, 3.05) is 0 Å². The van der Waals surface area contributed by atoms with E-state index in [1.54, 1.807) is 18.5 Å². The summed E-state index contributed by atoms with van der Waals surface area (Å²) in [4.78, 5) is 19.1. The van der Waals surface area contributed by atoms with E-state index in [-0.39, 0.29) is 0 Å². The molecule has 3 aromatic rings. The van der Waals surface area contributed by atoms with E-state index >= 15 is 0 Å². The second kappa shape index (κ2) is 4.41. The van der Waals surface area contributed by atoms with E-state index in [1.165, 1.54) is 0 Å². The van der Waals surface area contributed by atoms with Crippen LogP contribution < -0.4 is 0 Å². The van der Waals surface area contributed by atoms with E-state index < -0.39 is 0 Å². The first-order chi connectivity index (χ1) is 8.86. The Morgan fingerprint density at radius 3 is 2.78 bits per heavy atom. The van der Waals surface area contributed by atoms with Crippen molar-refractivity contribution in [2.45, 2.75) is 6.54 Å². The summed E-state index contributed by atoms with van der Waals surface area (Å²) in [6.07, 6.45) is 6.31. The molecule has 0 spiro atoms. The number of fused-ring (bicyclic) bond motifs is 1. The molecule has 0 amide bonds. The summed E-state index contributed by atoms with van der Waals surface area (Å²) in [5.41, 5.74) is 1.77. The molecule has 3 rings (SSSR count). The lowest BCUT2D eigenvalue weighted by molar-refractivity contribution is 0.112. The number of hydrogen-bond donors (Lipinski definition) is 0. The third-order valence-electron chi connectivity index (χ3n) is 2.86. The van der Waals surface area contributed by atoms with Crippen LogP contribution in [0.1, 0.15) is 16.2 Å². The molecule has 18 heavy (non-hydrogen) atoms. The van der Waals surface area contributed by atoms with Crippen molar-refractivity contribution in [2.24, 2.45) is 0 Å². The number of carbonyl (C=O) groups is 1. The molecule has 4 heteroatoms. The average Bonchev–Trinajstić information content (AvgIpc) is 2.82. The van der Waals surface area contributed by atoms with Crippen LogP contribution in [0.5, 0.6) is 0 Å². The molecule has 0 N–H and O–H groups in total. The largest absolute Gasteiger partial charge is 0.340 e. The fraction of sp³-hybridized carbons (Fsp3) is 0.0714. The third-order valence-corrected chi connectivity index (χ3v) is 2.86. The number of aromatic nitrogens is 3. The van der Waals surface area contributed by atoms with Crippen molar-refractivity contribution >= 4 is 17.2 Å². The number of hydrogen-bond acceptors (Lipinski definition) is 3. The van der Waals surface area contributed by atoms with Crippen LogP contribution in [0.15, 0.2) is 48.9 Å². The Labute approximate surface area is 104 Å². The summed E-state index contributed by atoms with van der Waals surface area (Å²) in [6, 6.07) is 9.43. The van der Waals surface area contributed by atoms with Crippen LogP contribution in [-0.4, -0.2) is 20.8 Å². The molecule has 0 radical (unpaired) electrons. The molecule has 0 fully saturated rings. The van der Waals surface area contributed by atoms with E-state index in [2.05, 4.69) is 14.5 Å². The molecule has 0 aliphatic heterocycles. The molecule has 0 aliphatic rings. The maximum absolute atomic E-state index is 10.7. The quantitative estimate of drug-likeness (QED) is 0.657. The molecule has 2 aromatic heterocycles. The molecular formula is C14H11N3O. The number of benzene rings is 1. The number of aldehydes is 1. The molecule has 0 bridgehead atoms. The van der Waals surface area contributed by atoms with E-state index in [0.29, 0.717) is 12.1 Å². The standard InChI is InChI=1S/C14H11N3O/c18-10-11-2-3-13-12(8-11)4-7-17(13)9-14-15-5-1-6-16-14/h1-8,10H,9H2. The van der Waals surface area contributed by atoms with Crippen molar-refractivity contribution in [3.8, 4) is 0 Å². The minimum Gasteiger partial charge on any atom is -0.340 e. The van der Waals surface area contributed by atoms with Crippen molar-refractivity contribution in [3.63, 3.8) is 0 Å². The lowest BCUT2D eigenvalue weighted by Gasteiger charge is -2.04. The first kappa shape index (κ1) is 10.7. The highest BCUT2D eigenvalue weighted by Crippen LogP contribution is 2.17. The maximum Gasteiger partial charge on any atom is 0.150 e. The van der Waals surface area contributed by atoms with Gasteiger partial charge in [-0.05, 0) is 30.3 Å². The Morgan fingerprint density at radius 2 is 2.00 bits per heavy atom. The van der Waals surface area contributed by atoms with Gasteiger partial charge in [-0.1, -0.05) is 0 Å². The summed E-state index contributed by atoms with van der Waals surface area (Å²) in [5.74, 6) is 0.773. The molecule has 0 saturated heterocycles. The van der Waals surface area contributed by atoms with Gasteiger partial charge < -0.3 is 4.57 Å². The van der Waals surface area contributed by atoms with Gasteiger partial charge in [0.25, 0.3) is 0 Å². The first-order valence-corrected chi connectivity index (χ1v) is 5.67. The number of nitrogens with zero attached hydrogens (tertiary/aromatic N) is 3. The Balaban J connectivity index is 2.00. The highest BCUT2D eigenvalue weighted by molar-refractivity contribution is 5.87. The zero-order valence-electron chi connectivity index (χ0n) is 9.65. The molecule has 2 heterocycles. The van der Waals surface area contributed by atoms with Crippen LogP contribution in [0.4, 0.5) is 0 Å². The van der Waals surface area contributed by atoms with Crippen LogP contribution in [0.25, 0.3) is 10.9 Å². The lowest BCUT2D eigenvalue weighted by Crippen LogP contribution is -2.02. The SMILES string of the molecule is O=Cc1ccc2c(ccn2Cc2ncccn2)c1. The summed E-state index contributed by atoms with van der Waals surface area (Å²) in [6.45, 7) is 0.630. The summed E-state index contributed by atoms with van der Waals surface area (Å²) >= 11 is 0. The van der Waals surface area contributed by atoms with E-state index in [1.807, 2.05) is 30.5 Å². The van der Waals surface area contributed by atoms with Gasteiger partial charge >= 0.3 is 0 Å². The van der Waals surface area contributed by atoms with Crippen molar-refractivity contribution in [1.82, 2.24) is 14.5 Å². The molecule has 88 valence electrons. The van der Waals surface area contributed by atoms with E-state index in [0.717, 1.165) is 23.0 Å². The second-order valence-corrected chi connectivity index (χ2v) is 4.04. The monoisotopic (exact) mass is 237 g/mol. The third kappa shape index (κ3) is 1.88. The predicted molar refractivity (Wildman–Crippen MR) is 68.5 cm³/mol. The number of carbonyl (C=O) groups excluding carboxylic acids is 1. The number of rotatable bonds is 3. The van der Waals surface area contributed by atoms with Crippen molar-refractivity contribution < 1.29 is 4.79 Å². The Hall–Kier alpha value is -2.49. The Kier molecular flexibility index (Phi) is 2.61. The Morgan fingerprint density at radius 1 is 1.17 bits per heavy atom. The van der Waals surface area contributed by atoms with Crippen molar-refractivity contribution in [1.29, 1.82) is 0 Å². The fourth-order valence-electron chi connectivity index (χ4n) is 1.99. The minimum atomic E-state index is 0.630. The molecule has 1 aromatic carbocycles. The molecule has 0 aliphatic carbocycles. The van der Waals surface area contributed by atoms with Gasteiger partial charge in [-0.2, -0.15) is 0 Å². The zero-order chi connectivity index (χ0) is 12.4. The topological polar surface area (TPSA) is 47.8 Å². The summed E-state index contributed by atoms with van der Waals surface area (Å²) in [5, 5.41) is 1.05. The van der Waals surface area contributed by atoms with Gasteiger partial charge in [0, 0.05) is 35.1 Å². The van der Waals surface area contributed by atoms with Gasteiger partial charge in [0.15, 0.2) is 0 Å². The molecule has 0 unspecified atom stereocenters. The maximum atomic E-state index is 10.7. The van der Waals surface area contributed by atoms with Gasteiger partial charge in [-0.25, -0.2) is 9.97 Å². The van der Waals surface area contributed by atoms with Gasteiger partial charge in [-0.15, -0.1) is 0 Å². The van der Waals surface area contributed by atoms with E-state index in [9.17, 15) is 4.79 Å². The van der Waals surface area contributed by atoms with E-state index in [4.69, 9.17) is 0 Å². The average molecular weight is 237 g/mol. The van der Waals surface area contributed by atoms with Crippen LogP contribution in [0, 0.1) is 0 Å². The van der Waals surface area contributed by atoms with Gasteiger partial charge in [0.2, 0.25) is 0 Å². The molecule has 0 saturated carbocycles. The first-order valence-electron chi connectivity index (χ1n) is 5.67. The van der Waals surface area contributed by atoms with Crippen LogP contribution >= 0.6 is 0 Å². The van der Waals surface area contributed by atoms with Crippen LogP contribution in [0.3, 0.4) is 0 Å². The Bertz CT molecular complexity index is 689. The van der Waals surface area contributed by atoms with Crippen LogP contribution in [-0.2, 0) is 6.54 Å². The van der Waals surface area contributed by atoms with Gasteiger partial charge in [0.1, 0.15) is 12.1 Å². The van der Waals surface area contributed by atoms with Gasteiger partial charge in [0.05, 0.1) is 6.54 Å². The van der Waals surface area contributed by atoms with Crippen LogP contribution in [0.2, 0.25) is 0 Å². The lowest BCUT2D eigenvalue weighted by atomic mass is 10.2. The molecule has 0 atom stereocenters. The highest BCUT2D eigenvalue weighted by Gasteiger charge is 2.03. The predicted octanol–water partition coefficient (Wildman–Crippen LogP) is 2.29. The van der Waals surface area contributed by atoms with Crippen molar-refractivity contribution in [3.05, 3.63) is 60.3 Å². The molecule has 4 nitrogen and oxygen atoms in total. The highest BCUT2D eigenvalue weighted by atomic mass is 16.1. The van der Waals surface area contributed by atoms with Gasteiger partial charge in [-0.3, -0.25) is 4.79 Å².